The van der Waals surface area contributed by atoms with Gasteiger partial charge < -0.3 is 40.2 Å². The van der Waals surface area contributed by atoms with Crippen LogP contribution < -0.4 is 20.8 Å². The first kappa shape index (κ1) is 29.0. The summed E-state index contributed by atoms with van der Waals surface area (Å²) < 4.78 is 0. The number of aliphatic carboxylic acids is 6. The number of carboxylic acid groups (broad SMARTS) is 6. The third-order valence-electron chi connectivity index (χ3n) is 2.34. The van der Waals surface area contributed by atoms with Gasteiger partial charge in [-0.25, -0.2) is 0 Å². The van der Waals surface area contributed by atoms with Crippen molar-refractivity contribution >= 4 is 35.8 Å². The van der Waals surface area contributed by atoms with E-state index in [0.29, 0.717) is 0 Å². The van der Waals surface area contributed by atoms with Crippen LogP contribution in [0.15, 0.2) is 0 Å². The van der Waals surface area contributed by atoms with E-state index in [1.165, 1.54) is 0 Å². The maximum absolute atomic E-state index is 10.3. The second kappa shape index (κ2) is 15.5. The molecule has 0 rings (SSSR count). The van der Waals surface area contributed by atoms with Crippen LogP contribution in [0.3, 0.4) is 0 Å². The largest absolute Gasteiger partial charge is 2.00 e. The summed E-state index contributed by atoms with van der Waals surface area (Å²) in [6.45, 7) is -1.21. The summed E-state index contributed by atoms with van der Waals surface area (Å²) in [6, 6.07) is -2.86. The molecule has 0 saturated carbocycles. The Hall–Kier alpha value is -2.75. The third-order valence-corrected chi connectivity index (χ3v) is 2.34. The van der Waals surface area contributed by atoms with Crippen LogP contribution in [0.25, 0.3) is 0 Å². The Morgan fingerprint density at radius 2 is 0.926 bits per heavy atom. The van der Waals surface area contributed by atoms with Gasteiger partial charge in [-0.3, -0.25) is 29.8 Å². The quantitative estimate of drug-likeness (QED) is 0.166. The number of nitrogens with one attached hydrogen (secondary N) is 2. The molecule has 0 aromatic carbocycles. The van der Waals surface area contributed by atoms with Crippen LogP contribution in [0.2, 0.25) is 0 Å². The maximum atomic E-state index is 10.3. The van der Waals surface area contributed by atoms with E-state index in [4.69, 9.17) is 20.4 Å². The minimum Gasteiger partial charge on any atom is -0.550 e. The maximum Gasteiger partial charge on any atom is 2.00 e. The number of carbonyl (C=O) groups excluding carboxylic acids is 2. The van der Waals surface area contributed by atoms with Gasteiger partial charge in [0.25, 0.3) is 0 Å². The van der Waals surface area contributed by atoms with Crippen LogP contribution >= 0.6 is 0 Å². The molecule has 0 aliphatic carbocycles. The molecule has 6 N–H and O–H groups in total. The predicted octanol–water partition coefficient (Wildman–Crippen LogP) is -5.49. The zero-order valence-electron chi connectivity index (χ0n) is 13.4. The first-order valence-corrected chi connectivity index (χ1v) is 6.62. The van der Waals surface area contributed by atoms with Gasteiger partial charge >= 0.3 is 40.7 Å². The summed E-state index contributed by atoms with van der Waals surface area (Å²) in [5.41, 5.74) is 0. The molecule has 27 heavy (non-hydrogen) atoms. The molecular weight excluding hydrogens is 423 g/mol. The van der Waals surface area contributed by atoms with Crippen molar-refractivity contribution in [1.29, 1.82) is 0 Å². The van der Waals surface area contributed by atoms with E-state index in [-0.39, 0.29) is 16.8 Å². The zero-order valence-corrected chi connectivity index (χ0v) is 14.4. The molecule has 0 aromatic rings. The number of carboxylic acids is 6. The Kier molecular flexibility index (Phi) is 16.7. The summed E-state index contributed by atoms with van der Waals surface area (Å²) in [6.07, 6.45) is -1.52. The third kappa shape index (κ3) is 19.4. The van der Waals surface area contributed by atoms with Crippen molar-refractivity contribution in [3.8, 4) is 0 Å². The Balaban J connectivity index is -0.000000411. The normalized spacial score (nSPS) is 11.6. The van der Waals surface area contributed by atoms with Gasteiger partial charge in [-0.2, -0.15) is 0 Å². The van der Waals surface area contributed by atoms with Gasteiger partial charge in [0.15, 0.2) is 0 Å². The van der Waals surface area contributed by atoms with Crippen molar-refractivity contribution in [3.05, 3.63) is 0 Å². The molecule has 0 aliphatic rings. The van der Waals surface area contributed by atoms with Crippen LogP contribution in [-0.4, -0.2) is 81.4 Å². The Bertz CT molecular complexity index is 504. The van der Waals surface area contributed by atoms with Gasteiger partial charge in [0, 0.05) is 24.8 Å². The number of carbonyl (C=O) groups is 6. The average molecular weight is 439 g/mol. The van der Waals surface area contributed by atoms with E-state index in [1.807, 2.05) is 10.6 Å². The van der Waals surface area contributed by atoms with Gasteiger partial charge in [0.1, 0.15) is 12.1 Å². The molecule has 15 heteroatoms. The summed E-state index contributed by atoms with van der Waals surface area (Å²) in [5, 5.41) is 57.2. The van der Waals surface area contributed by atoms with Gasteiger partial charge in [-0.15, -0.1) is 0 Å². The van der Waals surface area contributed by atoms with Crippen LogP contribution in [0.5, 0.6) is 0 Å². The standard InChI is InChI=1S/2C6H9NO6.Co/c2*8-4(9)1-3(6(12)13)7-2-5(10)11;/h2*3,7H,1-2H2,(H,8,9)(H,10,11)(H,12,13);/q;;+2/p-2/t2*3-;/m00./s1. The minimum absolute atomic E-state index is 0. The Morgan fingerprint density at radius 3 is 1.07 bits per heavy atom. The monoisotopic (exact) mass is 439 g/mol. The molecule has 2 atom stereocenters. The Morgan fingerprint density at radius 1 is 0.667 bits per heavy atom. The fourth-order valence-corrected chi connectivity index (χ4v) is 1.25. The Labute approximate surface area is 161 Å². The van der Waals surface area contributed by atoms with Gasteiger partial charge in [0.2, 0.25) is 0 Å². The second-order valence-electron chi connectivity index (χ2n) is 4.48. The average Bonchev–Trinajstić information content (AvgIpc) is 2.46. The topological polar surface area (TPSA) is 254 Å². The molecule has 1 radical (unpaired) electrons. The van der Waals surface area contributed by atoms with Crippen LogP contribution in [0.1, 0.15) is 12.8 Å². The molecule has 0 bridgehead atoms. The van der Waals surface area contributed by atoms with Crippen molar-refractivity contribution in [2.45, 2.75) is 24.9 Å². The van der Waals surface area contributed by atoms with Crippen LogP contribution in [-0.2, 0) is 45.5 Å². The predicted molar refractivity (Wildman–Crippen MR) is 73.4 cm³/mol. The van der Waals surface area contributed by atoms with Crippen molar-refractivity contribution in [3.63, 3.8) is 0 Å². The molecule has 0 aromatic heterocycles. The molecule has 0 heterocycles. The second-order valence-corrected chi connectivity index (χ2v) is 4.48. The minimum atomic E-state index is -1.55. The van der Waals surface area contributed by atoms with Crippen molar-refractivity contribution in [1.82, 2.24) is 10.6 Å². The van der Waals surface area contributed by atoms with Gasteiger partial charge in [-0.05, 0) is 0 Å². The summed E-state index contributed by atoms with van der Waals surface area (Å²) in [7, 11) is 0. The van der Waals surface area contributed by atoms with Crippen molar-refractivity contribution in [2.75, 3.05) is 13.1 Å². The molecule has 0 amide bonds. The molecule has 0 saturated heterocycles. The zero-order chi connectivity index (χ0) is 20.9. The van der Waals surface area contributed by atoms with Crippen molar-refractivity contribution < 1.29 is 76.2 Å². The van der Waals surface area contributed by atoms with Gasteiger partial charge in [0.05, 0.1) is 13.1 Å². The summed E-state index contributed by atoms with van der Waals surface area (Å²) in [4.78, 5) is 60.6. The molecule has 0 spiro atoms. The van der Waals surface area contributed by atoms with E-state index in [1.54, 1.807) is 0 Å². The van der Waals surface area contributed by atoms with E-state index in [0.717, 1.165) is 0 Å². The van der Waals surface area contributed by atoms with E-state index < -0.39 is 73.8 Å². The molecule has 0 fully saturated rings. The molecule has 0 unspecified atom stereocenters. The molecule has 14 nitrogen and oxygen atoms in total. The van der Waals surface area contributed by atoms with Gasteiger partial charge in [-0.1, -0.05) is 0 Å². The van der Waals surface area contributed by atoms with E-state index in [2.05, 4.69) is 0 Å². The first-order chi connectivity index (χ1) is 11.9. The molecule has 155 valence electrons. The van der Waals surface area contributed by atoms with Crippen LogP contribution in [0.4, 0.5) is 0 Å². The first-order valence-electron chi connectivity index (χ1n) is 6.62. The smallest absolute Gasteiger partial charge is 0.550 e. The number of hydrogen-bond acceptors (Lipinski definition) is 10. The van der Waals surface area contributed by atoms with Crippen molar-refractivity contribution in [2.24, 2.45) is 0 Å². The van der Waals surface area contributed by atoms with E-state index >= 15 is 0 Å². The fourth-order valence-electron chi connectivity index (χ4n) is 1.25. The summed E-state index contributed by atoms with van der Waals surface area (Å²) in [5.74, 6) is -8.47. The molecule has 0 aliphatic heterocycles. The SMILES string of the molecule is O=C([O-])C[C@H](NCC(=O)O)C(=O)O.O=C([O-])C[C@H](NCC(=O)O)C(=O)O.[Co+2]. The fraction of sp³-hybridized carbons (Fsp3) is 0.500. The van der Waals surface area contributed by atoms with Crippen LogP contribution in [0, 0.1) is 0 Å². The number of rotatable bonds is 12. The number of hydrogen-bond donors (Lipinski definition) is 6. The summed E-state index contributed by atoms with van der Waals surface area (Å²) >= 11 is 0. The molecular formula is C12H16CoN2O12. The van der Waals surface area contributed by atoms with E-state index in [9.17, 15) is 39.0 Å².